The number of carbonyl (C=O) groups is 1. The second kappa shape index (κ2) is 4.15. The molecule has 0 saturated carbocycles. The number of carbonyl (C=O) groups excluding carboxylic acids is 1. The zero-order valence-electron chi connectivity index (χ0n) is 10.5. The van der Waals surface area contributed by atoms with Crippen LogP contribution in [0.1, 0.15) is 32.6 Å². The zero-order valence-corrected chi connectivity index (χ0v) is 11.3. The molecule has 1 nitrogen and oxygen atoms in total. The van der Waals surface area contributed by atoms with E-state index in [9.17, 15) is 4.79 Å². The average molecular weight is 247 g/mol. The van der Waals surface area contributed by atoms with Crippen LogP contribution in [-0.4, -0.2) is 5.24 Å². The molecular formula is C15H15ClO. The minimum Gasteiger partial charge on any atom is -0.276 e. The van der Waals surface area contributed by atoms with Crippen molar-refractivity contribution in [1.29, 1.82) is 0 Å². The predicted octanol–water partition coefficient (Wildman–Crippen LogP) is 4.45. The Kier molecular flexibility index (Phi) is 2.96. The van der Waals surface area contributed by atoms with Crippen molar-refractivity contribution in [2.24, 2.45) is 0 Å². The van der Waals surface area contributed by atoms with Gasteiger partial charge in [0.15, 0.2) is 0 Å². The monoisotopic (exact) mass is 246 g/mol. The molecule has 0 aromatic heterocycles. The maximum absolute atomic E-state index is 11.5. The molecule has 0 aliphatic carbocycles. The van der Waals surface area contributed by atoms with E-state index in [-0.39, 0.29) is 5.24 Å². The van der Waals surface area contributed by atoms with Gasteiger partial charge in [0.25, 0.3) is 5.24 Å². The lowest BCUT2D eigenvalue weighted by Crippen LogP contribution is -2.02. The van der Waals surface area contributed by atoms with Crippen molar-refractivity contribution in [2.45, 2.75) is 27.7 Å². The van der Waals surface area contributed by atoms with Gasteiger partial charge in [-0.2, -0.15) is 0 Å². The van der Waals surface area contributed by atoms with Gasteiger partial charge in [-0.1, -0.05) is 18.2 Å². The normalized spacial score (nSPS) is 10.9. The van der Waals surface area contributed by atoms with Gasteiger partial charge in [-0.25, -0.2) is 0 Å². The molecule has 0 saturated heterocycles. The summed E-state index contributed by atoms with van der Waals surface area (Å²) < 4.78 is 0. The molecule has 0 fully saturated rings. The number of hydrogen-bond donors (Lipinski definition) is 0. The zero-order chi connectivity index (χ0) is 12.7. The third kappa shape index (κ3) is 1.75. The van der Waals surface area contributed by atoms with E-state index in [1.54, 1.807) is 0 Å². The van der Waals surface area contributed by atoms with E-state index in [0.29, 0.717) is 5.56 Å². The summed E-state index contributed by atoms with van der Waals surface area (Å²) in [7, 11) is 0. The summed E-state index contributed by atoms with van der Waals surface area (Å²) in [6, 6.07) is 6.16. The van der Waals surface area contributed by atoms with E-state index >= 15 is 0 Å². The molecule has 0 aliphatic rings. The molecule has 2 aromatic rings. The third-order valence-electron chi connectivity index (χ3n) is 3.56. The van der Waals surface area contributed by atoms with E-state index in [1.165, 1.54) is 10.9 Å². The molecule has 0 N–H and O–H groups in total. The summed E-state index contributed by atoms with van der Waals surface area (Å²) in [6.07, 6.45) is 0. The summed E-state index contributed by atoms with van der Waals surface area (Å²) in [5.74, 6) is 0. The van der Waals surface area contributed by atoms with E-state index < -0.39 is 0 Å². The second-order valence-corrected chi connectivity index (χ2v) is 4.86. The Labute approximate surface area is 106 Å². The first-order valence-corrected chi connectivity index (χ1v) is 6.02. The van der Waals surface area contributed by atoms with E-state index in [2.05, 4.69) is 13.0 Å². The van der Waals surface area contributed by atoms with Crippen LogP contribution in [0.3, 0.4) is 0 Å². The van der Waals surface area contributed by atoms with E-state index in [1.807, 2.05) is 32.9 Å². The van der Waals surface area contributed by atoms with Gasteiger partial charge in [-0.15, -0.1) is 0 Å². The molecule has 88 valence electrons. The highest BCUT2D eigenvalue weighted by Gasteiger charge is 2.16. The van der Waals surface area contributed by atoms with Crippen molar-refractivity contribution in [3.8, 4) is 0 Å². The average Bonchev–Trinajstić information content (AvgIpc) is 2.25. The summed E-state index contributed by atoms with van der Waals surface area (Å²) in [6.45, 7) is 8.07. The van der Waals surface area contributed by atoms with Gasteiger partial charge in [0.05, 0.1) is 0 Å². The van der Waals surface area contributed by atoms with Crippen LogP contribution in [0.2, 0.25) is 0 Å². The smallest absolute Gasteiger partial charge is 0.252 e. The van der Waals surface area contributed by atoms with Gasteiger partial charge < -0.3 is 0 Å². The molecule has 0 amide bonds. The van der Waals surface area contributed by atoms with Gasteiger partial charge in [0.2, 0.25) is 0 Å². The molecule has 17 heavy (non-hydrogen) atoms. The van der Waals surface area contributed by atoms with Crippen LogP contribution in [0.15, 0.2) is 18.2 Å². The Morgan fingerprint density at radius 3 is 2.24 bits per heavy atom. The fourth-order valence-electron chi connectivity index (χ4n) is 2.56. The molecule has 0 spiro atoms. The minimum atomic E-state index is -0.369. The SMILES string of the molecule is Cc1c(C(=O)Cl)c(C)c2cccc(C)c2c1C. The van der Waals surface area contributed by atoms with Gasteiger partial charge >= 0.3 is 0 Å². The largest absolute Gasteiger partial charge is 0.276 e. The highest BCUT2D eigenvalue weighted by atomic mass is 35.5. The Hall–Kier alpha value is -1.34. The second-order valence-electron chi connectivity index (χ2n) is 4.52. The van der Waals surface area contributed by atoms with E-state index in [0.717, 1.165) is 22.1 Å². The quantitative estimate of drug-likeness (QED) is 0.680. The summed E-state index contributed by atoms with van der Waals surface area (Å²) in [5.41, 5.74) is 5.01. The number of halogens is 1. The van der Waals surface area contributed by atoms with Crippen molar-refractivity contribution in [3.05, 3.63) is 46.0 Å². The standard InChI is InChI=1S/C15H15ClO/c1-8-6-5-7-12-11(4)14(15(16)17)10(3)9(2)13(8)12/h5-7H,1-4H3. The first kappa shape index (κ1) is 12.1. The molecule has 0 radical (unpaired) electrons. The van der Waals surface area contributed by atoms with E-state index in [4.69, 9.17) is 11.6 Å². The number of fused-ring (bicyclic) bond motifs is 1. The first-order valence-electron chi connectivity index (χ1n) is 5.64. The Balaban J connectivity index is 3.06. The van der Waals surface area contributed by atoms with Crippen LogP contribution >= 0.6 is 11.6 Å². The molecule has 0 unspecified atom stereocenters. The summed E-state index contributed by atoms with van der Waals surface area (Å²) in [5, 5.41) is 1.99. The Bertz CT molecular complexity index is 627. The fraction of sp³-hybridized carbons (Fsp3) is 0.267. The Morgan fingerprint density at radius 2 is 1.65 bits per heavy atom. The van der Waals surface area contributed by atoms with Crippen LogP contribution in [0.5, 0.6) is 0 Å². The summed E-state index contributed by atoms with van der Waals surface area (Å²) >= 11 is 5.69. The summed E-state index contributed by atoms with van der Waals surface area (Å²) in [4.78, 5) is 11.5. The van der Waals surface area contributed by atoms with Crippen molar-refractivity contribution in [3.63, 3.8) is 0 Å². The van der Waals surface area contributed by atoms with Crippen molar-refractivity contribution >= 4 is 27.6 Å². The molecule has 2 heteroatoms. The fourth-order valence-corrected chi connectivity index (χ4v) is 2.85. The molecule has 0 heterocycles. The molecular weight excluding hydrogens is 232 g/mol. The van der Waals surface area contributed by atoms with Crippen molar-refractivity contribution in [2.75, 3.05) is 0 Å². The van der Waals surface area contributed by atoms with Gasteiger partial charge in [-0.3, -0.25) is 4.79 Å². The number of benzene rings is 2. The van der Waals surface area contributed by atoms with Gasteiger partial charge in [0, 0.05) is 5.56 Å². The van der Waals surface area contributed by atoms with Gasteiger partial charge in [0.1, 0.15) is 0 Å². The highest BCUT2D eigenvalue weighted by Crippen LogP contribution is 2.32. The van der Waals surface area contributed by atoms with Crippen LogP contribution in [0.4, 0.5) is 0 Å². The van der Waals surface area contributed by atoms with Crippen LogP contribution < -0.4 is 0 Å². The highest BCUT2D eigenvalue weighted by molar-refractivity contribution is 6.68. The predicted molar refractivity (Wildman–Crippen MR) is 73.1 cm³/mol. The maximum atomic E-state index is 11.5. The lowest BCUT2D eigenvalue weighted by Gasteiger charge is -2.15. The lowest BCUT2D eigenvalue weighted by molar-refractivity contribution is 0.108. The first-order chi connectivity index (χ1) is 7.95. The number of aryl methyl sites for hydroxylation is 3. The Morgan fingerprint density at radius 1 is 1.00 bits per heavy atom. The lowest BCUT2D eigenvalue weighted by atomic mass is 9.89. The van der Waals surface area contributed by atoms with Crippen LogP contribution in [-0.2, 0) is 0 Å². The molecule has 0 aliphatic heterocycles. The molecule has 2 aromatic carbocycles. The van der Waals surface area contributed by atoms with Gasteiger partial charge in [-0.05, 0) is 72.3 Å². The molecule has 2 rings (SSSR count). The number of rotatable bonds is 1. The molecule has 0 bridgehead atoms. The number of hydrogen-bond acceptors (Lipinski definition) is 1. The van der Waals surface area contributed by atoms with Crippen molar-refractivity contribution in [1.82, 2.24) is 0 Å². The van der Waals surface area contributed by atoms with Crippen LogP contribution in [0, 0.1) is 27.7 Å². The molecule has 0 atom stereocenters. The van der Waals surface area contributed by atoms with Crippen molar-refractivity contribution < 1.29 is 4.79 Å². The topological polar surface area (TPSA) is 17.1 Å². The minimum absolute atomic E-state index is 0.369. The maximum Gasteiger partial charge on any atom is 0.252 e. The van der Waals surface area contributed by atoms with Crippen LogP contribution in [0.25, 0.3) is 10.8 Å². The third-order valence-corrected chi connectivity index (χ3v) is 3.75.